The fourth-order valence-corrected chi connectivity index (χ4v) is 2.03. The highest BCUT2D eigenvalue weighted by molar-refractivity contribution is 5.53. The average molecular weight is 198 g/mol. The van der Waals surface area contributed by atoms with Gasteiger partial charge in [0.15, 0.2) is 0 Å². The zero-order valence-corrected chi connectivity index (χ0v) is 10.5. The van der Waals surface area contributed by atoms with E-state index in [1.807, 2.05) is 0 Å². The van der Waals surface area contributed by atoms with E-state index in [0.717, 1.165) is 25.0 Å². The third kappa shape index (κ3) is 4.78. The SMILES string of the molecule is CCC(C=O)CCC(CC)C(C)(C)C. The number of aldehydes is 1. The summed E-state index contributed by atoms with van der Waals surface area (Å²) < 4.78 is 0. The second kappa shape index (κ2) is 6.21. The molecule has 0 saturated carbocycles. The van der Waals surface area contributed by atoms with Crippen LogP contribution in [0.3, 0.4) is 0 Å². The van der Waals surface area contributed by atoms with E-state index < -0.39 is 0 Å². The first-order valence-corrected chi connectivity index (χ1v) is 5.90. The van der Waals surface area contributed by atoms with Crippen molar-refractivity contribution in [2.45, 2.75) is 60.3 Å². The molecule has 0 saturated heterocycles. The van der Waals surface area contributed by atoms with Crippen LogP contribution in [0.25, 0.3) is 0 Å². The maximum absolute atomic E-state index is 10.7. The molecule has 0 spiro atoms. The van der Waals surface area contributed by atoms with E-state index in [9.17, 15) is 4.79 Å². The Labute approximate surface area is 89.3 Å². The summed E-state index contributed by atoms with van der Waals surface area (Å²) in [6.07, 6.45) is 5.59. The molecule has 2 unspecified atom stereocenters. The lowest BCUT2D eigenvalue weighted by Crippen LogP contribution is -2.20. The fraction of sp³-hybridized carbons (Fsp3) is 0.923. The van der Waals surface area contributed by atoms with E-state index in [0.29, 0.717) is 5.41 Å². The van der Waals surface area contributed by atoms with E-state index >= 15 is 0 Å². The van der Waals surface area contributed by atoms with Crippen molar-refractivity contribution in [1.29, 1.82) is 0 Å². The van der Waals surface area contributed by atoms with E-state index in [1.165, 1.54) is 12.8 Å². The van der Waals surface area contributed by atoms with Gasteiger partial charge in [-0.05, 0) is 30.6 Å². The Bertz CT molecular complexity index is 155. The molecule has 0 aliphatic rings. The molecule has 0 aromatic carbocycles. The number of rotatable bonds is 6. The van der Waals surface area contributed by atoms with Crippen LogP contribution in [0.1, 0.15) is 60.3 Å². The van der Waals surface area contributed by atoms with Gasteiger partial charge < -0.3 is 4.79 Å². The molecule has 2 atom stereocenters. The molecule has 0 aliphatic heterocycles. The summed E-state index contributed by atoms with van der Waals surface area (Å²) in [5.41, 5.74) is 0.385. The lowest BCUT2D eigenvalue weighted by molar-refractivity contribution is -0.111. The molecule has 0 N–H and O–H groups in total. The van der Waals surface area contributed by atoms with Gasteiger partial charge in [0.1, 0.15) is 6.29 Å². The molecule has 0 bridgehead atoms. The Morgan fingerprint density at radius 2 is 1.64 bits per heavy atom. The minimum atomic E-state index is 0.284. The van der Waals surface area contributed by atoms with Gasteiger partial charge in [0, 0.05) is 5.92 Å². The van der Waals surface area contributed by atoms with Crippen LogP contribution < -0.4 is 0 Å². The van der Waals surface area contributed by atoms with Gasteiger partial charge in [-0.1, -0.05) is 41.0 Å². The van der Waals surface area contributed by atoms with E-state index in [4.69, 9.17) is 0 Å². The van der Waals surface area contributed by atoms with E-state index in [-0.39, 0.29) is 5.92 Å². The number of hydrogen-bond acceptors (Lipinski definition) is 1. The molecule has 0 heterocycles. The summed E-state index contributed by atoms with van der Waals surface area (Å²) in [5, 5.41) is 0. The molecule has 0 fully saturated rings. The highest BCUT2D eigenvalue weighted by Gasteiger charge is 2.23. The molecule has 1 heteroatoms. The van der Waals surface area contributed by atoms with Crippen LogP contribution in [0.5, 0.6) is 0 Å². The molecule has 0 aromatic heterocycles. The molecule has 0 radical (unpaired) electrons. The van der Waals surface area contributed by atoms with Gasteiger partial charge in [-0.3, -0.25) is 0 Å². The molecule has 84 valence electrons. The van der Waals surface area contributed by atoms with Crippen molar-refractivity contribution in [2.24, 2.45) is 17.3 Å². The molecule has 0 rings (SSSR count). The topological polar surface area (TPSA) is 17.1 Å². The second-order valence-corrected chi connectivity index (χ2v) is 5.35. The molecule has 0 aliphatic carbocycles. The summed E-state index contributed by atoms with van der Waals surface area (Å²) >= 11 is 0. The quantitative estimate of drug-likeness (QED) is 0.588. The minimum absolute atomic E-state index is 0.284. The molecule has 0 amide bonds. The van der Waals surface area contributed by atoms with Crippen LogP contribution in [0.4, 0.5) is 0 Å². The summed E-state index contributed by atoms with van der Waals surface area (Å²) in [6, 6.07) is 0. The van der Waals surface area contributed by atoms with Crippen LogP contribution in [-0.4, -0.2) is 6.29 Å². The van der Waals surface area contributed by atoms with Crippen LogP contribution in [0, 0.1) is 17.3 Å². The molecule has 0 aromatic rings. The summed E-state index contributed by atoms with van der Waals surface area (Å²) in [4.78, 5) is 10.7. The first-order valence-electron chi connectivity index (χ1n) is 5.90. The molecular weight excluding hydrogens is 172 g/mol. The predicted molar refractivity (Wildman–Crippen MR) is 62.3 cm³/mol. The van der Waals surface area contributed by atoms with Crippen LogP contribution >= 0.6 is 0 Å². The van der Waals surface area contributed by atoms with E-state index in [2.05, 4.69) is 34.6 Å². The van der Waals surface area contributed by atoms with E-state index in [1.54, 1.807) is 0 Å². The van der Waals surface area contributed by atoms with Crippen molar-refractivity contribution < 1.29 is 4.79 Å². The van der Waals surface area contributed by atoms with Gasteiger partial charge in [-0.25, -0.2) is 0 Å². The van der Waals surface area contributed by atoms with Crippen molar-refractivity contribution in [3.63, 3.8) is 0 Å². The lowest BCUT2D eigenvalue weighted by atomic mass is 9.75. The first-order chi connectivity index (χ1) is 6.45. The van der Waals surface area contributed by atoms with Crippen molar-refractivity contribution in [1.82, 2.24) is 0 Å². The molecule has 14 heavy (non-hydrogen) atoms. The second-order valence-electron chi connectivity index (χ2n) is 5.35. The van der Waals surface area contributed by atoms with Gasteiger partial charge in [0.2, 0.25) is 0 Å². The molecule has 1 nitrogen and oxygen atoms in total. The summed E-state index contributed by atoms with van der Waals surface area (Å²) in [6.45, 7) is 11.2. The maximum Gasteiger partial charge on any atom is 0.123 e. The van der Waals surface area contributed by atoms with Gasteiger partial charge >= 0.3 is 0 Å². The fourth-order valence-electron chi connectivity index (χ4n) is 2.03. The average Bonchev–Trinajstić information content (AvgIpc) is 2.10. The van der Waals surface area contributed by atoms with Crippen molar-refractivity contribution in [2.75, 3.05) is 0 Å². The Hall–Kier alpha value is -0.330. The van der Waals surface area contributed by atoms with Crippen molar-refractivity contribution in [3.05, 3.63) is 0 Å². The Balaban J connectivity index is 4.01. The monoisotopic (exact) mass is 198 g/mol. The summed E-state index contributed by atoms with van der Waals surface area (Å²) in [7, 11) is 0. The highest BCUT2D eigenvalue weighted by Crippen LogP contribution is 2.33. The number of carbonyl (C=O) groups is 1. The van der Waals surface area contributed by atoms with Crippen molar-refractivity contribution in [3.8, 4) is 0 Å². The van der Waals surface area contributed by atoms with Crippen LogP contribution in [0.15, 0.2) is 0 Å². The largest absolute Gasteiger partial charge is 0.303 e. The zero-order chi connectivity index (χ0) is 11.2. The highest BCUT2D eigenvalue weighted by atomic mass is 16.1. The normalized spacial score (nSPS) is 16.4. The van der Waals surface area contributed by atoms with Crippen molar-refractivity contribution >= 4 is 6.29 Å². The Morgan fingerprint density at radius 3 is 1.93 bits per heavy atom. The summed E-state index contributed by atoms with van der Waals surface area (Å²) in [5.74, 6) is 1.03. The third-order valence-corrected chi connectivity index (χ3v) is 3.32. The standard InChI is InChI=1S/C13H26O/c1-6-11(10-14)8-9-12(7-2)13(3,4)5/h10-12H,6-9H2,1-5H3. The lowest BCUT2D eigenvalue weighted by Gasteiger charge is -2.30. The number of carbonyl (C=O) groups excluding carboxylic acids is 1. The maximum atomic E-state index is 10.7. The van der Waals surface area contributed by atoms with Crippen LogP contribution in [-0.2, 0) is 4.79 Å². The van der Waals surface area contributed by atoms with Gasteiger partial charge in [-0.2, -0.15) is 0 Å². The first kappa shape index (κ1) is 13.7. The smallest absolute Gasteiger partial charge is 0.123 e. The van der Waals surface area contributed by atoms with Gasteiger partial charge in [0.05, 0.1) is 0 Å². The van der Waals surface area contributed by atoms with Gasteiger partial charge in [0.25, 0.3) is 0 Å². The zero-order valence-electron chi connectivity index (χ0n) is 10.5. The molecular formula is C13H26O. The predicted octanol–water partition coefficient (Wildman–Crippen LogP) is 4.06. The van der Waals surface area contributed by atoms with Crippen LogP contribution in [0.2, 0.25) is 0 Å². The number of hydrogen-bond donors (Lipinski definition) is 0. The Morgan fingerprint density at radius 1 is 1.07 bits per heavy atom. The minimum Gasteiger partial charge on any atom is -0.303 e. The van der Waals surface area contributed by atoms with Gasteiger partial charge in [-0.15, -0.1) is 0 Å². The Kier molecular flexibility index (Phi) is 6.06. The third-order valence-electron chi connectivity index (χ3n) is 3.32.